The average Bonchev–Trinajstić information content (AvgIpc) is 2.30. The lowest BCUT2D eigenvalue weighted by Crippen LogP contribution is -1.92. The standard InChI is InChI=1S/C12H10F2N2S/c13-12(14)17-9-5-3-8(4-6-9)10-2-1-7-16-11(10)15/h1-7,12H,(H2,15,16). The highest BCUT2D eigenvalue weighted by Crippen LogP contribution is 2.29. The Bertz CT molecular complexity index is 500. The third-order valence-electron chi connectivity index (χ3n) is 2.23. The first kappa shape index (κ1) is 11.9. The second-order valence-electron chi connectivity index (χ2n) is 3.34. The normalized spacial score (nSPS) is 10.8. The zero-order valence-corrected chi connectivity index (χ0v) is 9.62. The molecular weight excluding hydrogens is 242 g/mol. The highest BCUT2D eigenvalue weighted by atomic mass is 32.2. The van der Waals surface area contributed by atoms with E-state index in [4.69, 9.17) is 5.73 Å². The summed E-state index contributed by atoms with van der Waals surface area (Å²) in [5, 5.41) is 0. The lowest BCUT2D eigenvalue weighted by Gasteiger charge is -2.05. The minimum Gasteiger partial charge on any atom is -0.383 e. The number of nitrogen functional groups attached to an aromatic ring is 1. The number of benzene rings is 1. The smallest absolute Gasteiger partial charge is 0.288 e. The first-order valence-electron chi connectivity index (χ1n) is 4.92. The molecule has 1 aromatic heterocycles. The van der Waals surface area contributed by atoms with Gasteiger partial charge in [0.05, 0.1) is 0 Å². The summed E-state index contributed by atoms with van der Waals surface area (Å²) >= 11 is 0.526. The van der Waals surface area contributed by atoms with E-state index in [9.17, 15) is 8.78 Å². The summed E-state index contributed by atoms with van der Waals surface area (Å²) in [5.41, 5.74) is 7.41. The van der Waals surface area contributed by atoms with Gasteiger partial charge in [-0.3, -0.25) is 0 Å². The number of thioether (sulfide) groups is 1. The van der Waals surface area contributed by atoms with Crippen LogP contribution in [0.1, 0.15) is 0 Å². The van der Waals surface area contributed by atoms with Gasteiger partial charge in [-0.25, -0.2) is 4.98 Å². The van der Waals surface area contributed by atoms with Crippen LogP contribution < -0.4 is 5.73 Å². The van der Waals surface area contributed by atoms with Crippen LogP contribution in [0.2, 0.25) is 0 Å². The molecule has 1 heterocycles. The molecule has 0 saturated heterocycles. The molecule has 0 aliphatic heterocycles. The second-order valence-corrected chi connectivity index (χ2v) is 4.40. The Hall–Kier alpha value is -1.62. The van der Waals surface area contributed by atoms with Gasteiger partial charge in [-0.05, 0) is 29.8 Å². The van der Waals surface area contributed by atoms with Crippen molar-refractivity contribution in [2.75, 3.05) is 5.73 Å². The number of hydrogen-bond donors (Lipinski definition) is 1. The summed E-state index contributed by atoms with van der Waals surface area (Å²) in [4.78, 5) is 4.51. The number of halogens is 2. The van der Waals surface area contributed by atoms with Crippen molar-refractivity contribution in [3.05, 3.63) is 42.6 Å². The van der Waals surface area contributed by atoms with Gasteiger partial charge in [0.2, 0.25) is 0 Å². The van der Waals surface area contributed by atoms with Crippen molar-refractivity contribution >= 4 is 17.6 Å². The second kappa shape index (κ2) is 5.14. The minimum absolute atomic E-state index is 0.432. The topological polar surface area (TPSA) is 38.9 Å². The molecule has 2 nitrogen and oxygen atoms in total. The third-order valence-corrected chi connectivity index (χ3v) is 2.95. The van der Waals surface area contributed by atoms with Crippen LogP contribution in [0.3, 0.4) is 0 Å². The predicted molar refractivity (Wildman–Crippen MR) is 65.9 cm³/mol. The van der Waals surface area contributed by atoms with Crippen molar-refractivity contribution in [2.24, 2.45) is 0 Å². The van der Waals surface area contributed by atoms with Gasteiger partial charge >= 0.3 is 0 Å². The van der Waals surface area contributed by atoms with Crippen LogP contribution in [0.15, 0.2) is 47.5 Å². The Morgan fingerprint density at radius 1 is 1.12 bits per heavy atom. The van der Waals surface area contributed by atoms with E-state index in [0.29, 0.717) is 22.5 Å². The molecule has 0 saturated carbocycles. The van der Waals surface area contributed by atoms with Crippen LogP contribution in [0.25, 0.3) is 11.1 Å². The monoisotopic (exact) mass is 252 g/mol. The number of pyridine rings is 1. The fourth-order valence-corrected chi connectivity index (χ4v) is 1.98. The van der Waals surface area contributed by atoms with Gasteiger partial charge in [-0.1, -0.05) is 23.9 Å². The summed E-state index contributed by atoms with van der Waals surface area (Å²) in [6, 6.07) is 10.5. The first-order chi connectivity index (χ1) is 8.16. The molecule has 0 spiro atoms. The highest BCUT2D eigenvalue weighted by Gasteiger charge is 2.06. The molecule has 2 rings (SSSR count). The van der Waals surface area contributed by atoms with E-state index in [-0.39, 0.29) is 0 Å². The molecule has 0 aliphatic rings. The zero-order chi connectivity index (χ0) is 12.3. The summed E-state index contributed by atoms with van der Waals surface area (Å²) < 4.78 is 24.3. The van der Waals surface area contributed by atoms with E-state index in [1.807, 2.05) is 6.07 Å². The maximum atomic E-state index is 12.1. The Balaban J connectivity index is 2.27. The van der Waals surface area contributed by atoms with E-state index in [1.165, 1.54) is 0 Å². The van der Waals surface area contributed by atoms with Crippen molar-refractivity contribution in [1.82, 2.24) is 4.98 Å². The van der Waals surface area contributed by atoms with E-state index in [0.717, 1.165) is 11.1 Å². The summed E-state index contributed by atoms with van der Waals surface area (Å²) in [6.07, 6.45) is 1.61. The van der Waals surface area contributed by atoms with Crippen LogP contribution in [0, 0.1) is 0 Å². The molecule has 88 valence electrons. The van der Waals surface area contributed by atoms with Crippen molar-refractivity contribution in [3.63, 3.8) is 0 Å². The maximum Gasteiger partial charge on any atom is 0.288 e. The van der Waals surface area contributed by atoms with Crippen LogP contribution in [-0.4, -0.2) is 10.7 Å². The molecule has 0 atom stereocenters. The Morgan fingerprint density at radius 2 is 1.82 bits per heavy atom. The largest absolute Gasteiger partial charge is 0.383 e. The molecule has 5 heteroatoms. The van der Waals surface area contributed by atoms with Gasteiger partial charge in [0.15, 0.2) is 0 Å². The molecule has 2 N–H and O–H groups in total. The van der Waals surface area contributed by atoms with Gasteiger partial charge in [-0.2, -0.15) is 8.78 Å². The van der Waals surface area contributed by atoms with Crippen LogP contribution in [0.4, 0.5) is 14.6 Å². The number of hydrogen-bond acceptors (Lipinski definition) is 3. The molecule has 0 fully saturated rings. The van der Waals surface area contributed by atoms with Crippen molar-refractivity contribution in [2.45, 2.75) is 10.7 Å². The summed E-state index contributed by atoms with van der Waals surface area (Å²) in [6.45, 7) is 0. The minimum atomic E-state index is -2.40. The fourth-order valence-electron chi connectivity index (χ4n) is 1.48. The maximum absolute atomic E-state index is 12.1. The van der Waals surface area contributed by atoms with Crippen molar-refractivity contribution in [1.29, 1.82) is 0 Å². The number of rotatable bonds is 3. The van der Waals surface area contributed by atoms with E-state index >= 15 is 0 Å². The summed E-state index contributed by atoms with van der Waals surface area (Å²) in [5.74, 6) is -1.97. The highest BCUT2D eigenvalue weighted by molar-refractivity contribution is 7.99. The van der Waals surface area contributed by atoms with E-state index < -0.39 is 5.76 Å². The van der Waals surface area contributed by atoms with Crippen molar-refractivity contribution in [3.8, 4) is 11.1 Å². The molecule has 0 unspecified atom stereocenters. The Morgan fingerprint density at radius 3 is 2.41 bits per heavy atom. The van der Waals surface area contributed by atoms with Gasteiger partial charge < -0.3 is 5.73 Å². The first-order valence-corrected chi connectivity index (χ1v) is 5.80. The quantitative estimate of drug-likeness (QED) is 0.847. The third kappa shape index (κ3) is 2.94. The molecular formula is C12H10F2N2S. The molecule has 2 aromatic rings. The van der Waals surface area contributed by atoms with E-state index in [2.05, 4.69) is 4.98 Å². The van der Waals surface area contributed by atoms with Crippen LogP contribution in [-0.2, 0) is 0 Å². The molecule has 17 heavy (non-hydrogen) atoms. The number of nitrogens with two attached hydrogens (primary N) is 1. The van der Waals surface area contributed by atoms with Crippen LogP contribution in [0.5, 0.6) is 0 Å². The number of aromatic nitrogens is 1. The number of nitrogens with zero attached hydrogens (tertiary/aromatic N) is 1. The molecule has 0 amide bonds. The molecule has 0 aliphatic carbocycles. The predicted octanol–water partition coefficient (Wildman–Crippen LogP) is 3.65. The SMILES string of the molecule is Nc1ncccc1-c1ccc(SC(F)F)cc1. The zero-order valence-electron chi connectivity index (χ0n) is 8.81. The number of anilines is 1. The van der Waals surface area contributed by atoms with Gasteiger partial charge in [0.25, 0.3) is 5.76 Å². The lowest BCUT2D eigenvalue weighted by atomic mass is 10.1. The fraction of sp³-hybridized carbons (Fsp3) is 0.0833. The van der Waals surface area contributed by atoms with Crippen molar-refractivity contribution < 1.29 is 8.78 Å². The molecule has 0 bridgehead atoms. The Kier molecular flexibility index (Phi) is 3.58. The van der Waals surface area contributed by atoms with Crippen LogP contribution >= 0.6 is 11.8 Å². The molecule has 1 aromatic carbocycles. The van der Waals surface area contributed by atoms with Gasteiger partial charge in [0.1, 0.15) is 5.82 Å². The molecule has 0 radical (unpaired) electrons. The van der Waals surface area contributed by atoms with Gasteiger partial charge in [0, 0.05) is 16.7 Å². The lowest BCUT2D eigenvalue weighted by molar-refractivity contribution is 0.252. The summed E-state index contributed by atoms with van der Waals surface area (Å²) in [7, 11) is 0. The average molecular weight is 252 g/mol. The van der Waals surface area contributed by atoms with Gasteiger partial charge in [-0.15, -0.1) is 0 Å². The van der Waals surface area contributed by atoms with E-state index in [1.54, 1.807) is 36.5 Å². The number of alkyl halides is 2. The Labute approximate surface area is 102 Å².